The number of halogens is 1. The highest BCUT2D eigenvalue weighted by Crippen LogP contribution is 2.33. The number of pyridine rings is 1. The molecule has 0 spiro atoms. The minimum Gasteiger partial charge on any atom is -0.411 e. The molecule has 0 bridgehead atoms. The van der Waals surface area contributed by atoms with E-state index in [0.29, 0.717) is 24.0 Å². The Balaban J connectivity index is 1.44. The first-order valence-electron chi connectivity index (χ1n) is 9.79. The SMILES string of the molecule is O=C(CSc1nnc(-c2cc(-c3ccc(Cl)cc3)nc3ccccc23)o1)N1CCNC1=O. The van der Waals surface area contributed by atoms with Gasteiger partial charge in [-0.15, -0.1) is 10.2 Å². The number of carbonyl (C=O) groups is 2. The number of nitrogens with one attached hydrogen (secondary N) is 1. The number of rotatable bonds is 5. The Hall–Kier alpha value is -3.43. The van der Waals surface area contributed by atoms with Gasteiger partial charge in [-0.05, 0) is 24.3 Å². The lowest BCUT2D eigenvalue weighted by molar-refractivity contribution is -0.124. The minimum absolute atomic E-state index is 0.0299. The lowest BCUT2D eigenvalue weighted by Gasteiger charge is -2.10. The predicted octanol–water partition coefficient (Wildman–Crippen LogP) is 4.25. The third kappa shape index (κ3) is 4.04. The van der Waals surface area contributed by atoms with E-state index in [1.54, 1.807) is 0 Å². The second-order valence-corrected chi connectivity index (χ2v) is 8.38. The maximum absolute atomic E-state index is 12.2. The zero-order valence-corrected chi connectivity index (χ0v) is 18.2. The van der Waals surface area contributed by atoms with Crippen molar-refractivity contribution < 1.29 is 14.0 Å². The Morgan fingerprint density at radius 2 is 1.97 bits per heavy atom. The molecule has 0 atom stereocenters. The van der Waals surface area contributed by atoms with Gasteiger partial charge in [0.1, 0.15) is 0 Å². The van der Waals surface area contributed by atoms with E-state index >= 15 is 0 Å². The van der Waals surface area contributed by atoms with E-state index in [1.807, 2.05) is 54.6 Å². The fourth-order valence-corrected chi connectivity index (χ4v) is 4.17. The molecule has 2 aromatic heterocycles. The van der Waals surface area contributed by atoms with E-state index in [9.17, 15) is 9.59 Å². The van der Waals surface area contributed by atoms with E-state index < -0.39 is 0 Å². The van der Waals surface area contributed by atoms with Gasteiger partial charge in [0.15, 0.2) is 0 Å². The molecule has 4 aromatic rings. The molecule has 2 aromatic carbocycles. The largest absolute Gasteiger partial charge is 0.411 e. The number of urea groups is 1. The van der Waals surface area contributed by atoms with Gasteiger partial charge in [-0.3, -0.25) is 9.69 Å². The fourth-order valence-electron chi connectivity index (χ4n) is 3.41. The molecular weight excluding hydrogens is 450 g/mol. The highest BCUT2D eigenvalue weighted by Gasteiger charge is 2.26. The molecule has 160 valence electrons. The van der Waals surface area contributed by atoms with Gasteiger partial charge >= 0.3 is 6.03 Å². The van der Waals surface area contributed by atoms with Gasteiger partial charge in [0, 0.05) is 29.1 Å². The minimum atomic E-state index is -0.375. The third-order valence-electron chi connectivity index (χ3n) is 4.97. The van der Waals surface area contributed by atoms with Gasteiger partial charge in [-0.1, -0.05) is 53.7 Å². The fraction of sp³-hybridized carbons (Fsp3) is 0.136. The molecule has 0 radical (unpaired) electrons. The number of nitrogens with zero attached hydrogens (tertiary/aromatic N) is 4. The van der Waals surface area contributed by atoms with Crippen molar-refractivity contribution in [3.05, 3.63) is 59.6 Å². The van der Waals surface area contributed by atoms with Crippen molar-refractivity contribution in [1.82, 2.24) is 25.4 Å². The van der Waals surface area contributed by atoms with Crippen LogP contribution in [0.3, 0.4) is 0 Å². The molecule has 3 amide bonds. The van der Waals surface area contributed by atoms with Gasteiger partial charge in [0.2, 0.25) is 11.8 Å². The van der Waals surface area contributed by atoms with Gasteiger partial charge in [0.25, 0.3) is 5.22 Å². The van der Waals surface area contributed by atoms with Crippen LogP contribution in [0.4, 0.5) is 4.79 Å². The summed E-state index contributed by atoms with van der Waals surface area (Å²) in [6.07, 6.45) is 0. The van der Waals surface area contributed by atoms with E-state index in [2.05, 4.69) is 15.5 Å². The molecule has 8 nitrogen and oxygen atoms in total. The number of imide groups is 1. The Kier molecular flexibility index (Phi) is 5.50. The summed E-state index contributed by atoms with van der Waals surface area (Å²) >= 11 is 7.12. The number of hydrogen-bond donors (Lipinski definition) is 1. The summed E-state index contributed by atoms with van der Waals surface area (Å²) in [4.78, 5) is 29.8. The molecule has 1 fully saturated rings. The molecule has 1 aliphatic rings. The summed E-state index contributed by atoms with van der Waals surface area (Å²) in [5.41, 5.74) is 3.19. The van der Waals surface area contributed by atoms with E-state index in [4.69, 9.17) is 21.0 Å². The van der Waals surface area contributed by atoms with Crippen molar-refractivity contribution in [1.29, 1.82) is 0 Å². The predicted molar refractivity (Wildman–Crippen MR) is 121 cm³/mol. The Morgan fingerprint density at radius 3 is 2.75 bits per heavy atom. The summed E-state index contributed by atoms with van der Waals surface area (Å²) in [6.45, 7) is 0.828. The summed E-state index contributed by atoms with van der Waals surface area (Å²) in [6, 6.07) is 16.6. The molecule has 10 heteroatoms. The van der Waals surface area contributed by atoms with Gasteiger partial charge in [0.05, 0.1) is 22.5 Å². The van der Waals surface area contributed by atoms with Crippen LogP contribution in [0.5, 0.6) is 0 Å². The number of carbonyl (C=O) groups excluding carboxylic acids is 2. The first kappa shape index (κ1) is 20.5. The first-order valence-corrected chi connectivity index (χ1v) is 11.2. The van der Waals surface area contributed by atoms with Gasteiger partial charge in [-0.25, -0.2) is 9.78 Å². The second-order valence-electron chi connectivity index (χ2n) is 7.02. The van der Waals surface area contributed by atoms with Gasteiger partial charge < -0.3 is 9.73 Å². The van der Waals surface area contributed by atoms with Crippen LogP contribution in [0.1, 0.15) is 0 Å². The zero-order valence-electron chi connectivity index (χ0n) is 16.6. The smallest absolute Gasteiger partial charge is 0.324 e. The van der Waals surface area contributed by atoms with Crippen molar-refractivity contribution in [3.8, 4) is 22.7 Å². The number of para-hydroxylation sites is 1. The molecular formula is C22H16ClN5O3S. The number of amides is 3. The van der Waals surface area contributed by atoms with Crippen LogP contribution in [-0.4, -0.2) is 50.9 Å². The van der Waals surface area contributed by atoms with E-state index in [1.165, 1.54) is 4.90 Å². The second kappa shape index (κ2) is 8.60. The van der Waals surface area contributed by atoms with Crippen LogP contribution >= 0.6 is 23.4 Å². The number of hydrogen-bond acceptors (Lipinski definition) is 7. The van der Waals surface area contributed by atoms with Gasteiger partial charge in [-0.2, -0.15) is 0 Å². The molecule has 1 N–H and O–H groups in total. The quantitative estimate of drug-likeness (QED) is 0.439. The average molecular weight is 466 g/mol. The summed E-state index contributed by atoms with van der Waals surface area (Å²) < 4.78 is 5.85. The lowest BCUT2D eigenvalue weighted by atomic mass is 10.0. The first-order chi connectivity index (χ1) is 15.6. The normalized spacial score (nSPS) is 13.5. The Morgan fingerprint density at radius 1 is 1.16 bits per heavy atom. The monoisotopic (exact) mass is 465 g/mol. The summed E-state index contributed by atoms with van der Waals surface area (Å²) in [7, 11) is 0. The number of aromatic nitrogens is 3. The maximum atomic E-state index is 12.2. The number of fused-ring (bicyclic) bond motifs is 1. The van der Waals surface area contributed by atoms with Crippen molar-refractivity contribution in [2.45, 2.75) is 5.22 Å². The molecule has 5 rings (SSSR count). The van der Waals surface area contributed by atoms with Crippen LogP contribution in [0.25, 0.3) is 33.6 Å². The summed E-state index contributed by atoms with van der Waals surface area (Å²) in [5, 5.41) is 12.6. The molecule has 0 unspecified atom stereocenters. The topological polar surface area (TPSA) is 101 Å². The van der Waals surface area contributed by atoms with Crippen LogP contribution in [-0.2, 0) is 4.79 Å². The molecule has 32 heavy (non-hydrogen) atoms. The third-order valence-corrected chi connectivity index (χ3v) is 6.03. The molecule has 3 heterocycles. The number of thioether (sulfide) groups is 1. The Labute approximate surface area is 192 Å². The molecule has 1 saturated heterocycles. The zero-order chi connectivity index (χ0) is 22.1. The number of benzene rings is 2. The maximum Gasteiger partial charge on any atom is 0.324 e. The van der Waals surface area contributed by atoms with E-state index in [0.717, 1.165) is 39.5 Å². The van der Waals surface area contributed by atoms with Crippen LogP contribution in [0.2, 0.25) is 5.02 Å². The van der Waals surface area contributed by atoms with Crippen molar-refractivity contribution in [2.75, 3.05) is 18.8 Å². The van der Waals surface area contributed by atoms with Crippen molar-refractivity contribution in [3.63, 3.8) is 0 Å². The van der Waals surface area contributed by atoms with Crippen LogP contribution in [0.15, 0.2) is 64.2 Å². The van der Waals surface area contributed by atoms with Crippen molar-refractivity contribution >= 4 is 46.2 Å². The highest BCUT2D eigenvalue weighted by atomic mass is 35.5. The van der Waals surface area contributed by atoms with Crippen LogP contribution in [0, 0.1) is 0 Å². The molecule has 0 aliphatic carbocycles. The highest BCUT2D eigenvalue weighted by molar-refractivity contribution is 7.99. The van der Waals surface area contributed by atoms with E-state index in [-0.39, 0.29) is 22.9 Å². The average Bonchev–Trinajstić information content (AvgIpc) is 3.46. The van der Waals surface area contributed by atoms with Crippen molar-refractivity contribution in [2.24, 2.45) is 0 Å². The molecule has 1 aliphatic heterocycles. The molecule has 0 saturated carbocycles. The lowest BCUT2D eigenvalue weighted by Crippen LogP contribution is -2.35. The summed E-state index contributed by atoms with van der Waals surface area (Å²) in [5.74, 6) is 0.0548. The Bertz CT molecular complexity index is 1320. The standard InChI is InChI=1S/C22H16ClN5O3S/c23-14-7-5-13(6-8-14)18-11-16(15-3-1-2-4-17(15)25-18)20-26-27-22(31-20)32-12-19(29)28-10-9-24-21(28)30/h1-8,11H,9-10,12H2,(H,24,30). The van der Waals surface area contributed by atoms with Crippen LogP contribution < -0.4 is 5.32 Å².